The molecule has 0 aromatic carbocycles. The maximum atomic E-state index is 8.73. The molecule has 98 valence electrons. The lowest BCUT2D eigenvalue weighted by Gasteiger charge is -2.02. The summed E-state index contributed by atoms with van der Waals surface area (Å²) in [6.07, 6.45) is 12.4. The molecule has 1 aromatic heterocycles. The van der Waals surface area contributed by atoms with Crippen molar-refractivity contribution < 1.29 is 0 Å². The summed E-state index contributed by atoms with van der Waals surface area (Å²) in [5.74, 6) is 0.541. The molecular weight excluding hydrogens is 236 g/mol. The third-order valence-corrected chi connectivity index (χ3v) is 2.58. The number of rotatable bonds is 5. The van der Waals surface area contributed by atoms with Gasteiger partial charge in [0.25, 0.3) is 0 Å². The van der Waals surface area contributed by atoms with E-state index in [1.165, 1.54) is 5.57 Å². The van der Waals surface area contributed by atoms with Crippen molar-refractivity contribution in [3.8, 4) is 6.19 Å². The highest BCUT2D eigenvalue weighted by Crippen LogP contribution is 2.02. The van der Waals surface area contributed by atoms with Gasteiger partial charge in [0, 0.05) is 18.0 Å². The highest BCUT2D eigenvalue weighted by atomic mass is 15.0. The van der Waals surface area contributed by atoms with Crippen LogP contribution in [-0.4, -0.2) is 17.4 Å². The maximum absolute atomic E-state index is 8.73. The minimum absolute atomic E-state index is 0.524. The molecule has 1 rings (SSSR count). The van der Waals surface area contributed by atoms with E-state index in [1.54, 1.807) is 12.4 Å². The fourth-order valence-electron chi connectivity index (χ4n) is 1.53. The highest BCUT2D eigenvalue weighted by Gasteiger charge is 2.00. The van der Waals surface area contributed by atoms with E-state index in [9.17, 15) is 0 Å². The van der Waals surface area contributed by atoms with Gasteiger partial charge in [-0.25, -0.2) is 0 Å². The molecule has 4 heteroatoms. The lowest BCUT2D eigenvalue weighted by molar-refractivity contribution is 1.12. The van der Waals surface area contributed by atoms with E-state index in [4.69, 9.17) is 5.26 Å². The topological polar surface area (TPSA) is 61.1 Å². The predicted molar refractivity (Wildman–Crippen MR) is 77.6 cm³/mol. The minimum Gasteiger partial charge on any atom is -0.277 e. The summed E-state index contributed by atoms with van der Waals surface area (Å²) in [5, 5.41) is 11.3. The molecule has 1 aromatic rings. The van der Waals surface area contributed by atoms with Crippen LogP contribution in [0.5, 0.6) is 0 Å². The van der Waals surface area contributed by atoms with Crippen molar-refractivity contribution in [3.05, 3.63) is 53.9 Å². The number of hydrogen-bond acceptors (Lipinski definition) is 3. The molecule has 0 fully saturated rings. The Labute approximate surface area is 114 Å². The molecule has 19 heavy (non-hydrogen) atoms. The van der Waals surface area contributed by atoms with E-state index < -0.39 is 0 Å². The van der Waals surface area contributed by atoms with Gasteiger partial charge in [-0.05, 0) is 25.5 Å². The van der Waals surface area contributed by atoms with E-state index in [0.717, 1.165) is 12.0 Å². The number of amidine groups is 1. The molecule has 0 atom stereocenters. The standard InChI is InChI=1S/C15H18N4/c1-3-13(4-2)7-5-10-18-15(19-12-16)14-8-6-9-17-11-14/h3,5-9,11H,4,10H2,1-2H3,(H,18,19). The van der Waals surface area contributed by atoms with Gasteiger partial charge in [-0.15, -0.1) is 0 Å². The normalized spacial score (nSPS) is 12.5. The van der Waals surface area contributed by atoms with Crippen LogP contribution in [0.1, 0.15) is 25.8 Å². The first-order valence-corrected chi connectivity index (χ1v) is 6.23. The first-order valence-electron chi connectivity index (χ1n) is 6.23. The average Bonchev–Trinajstić information content (AvgIpc) is 2.47. The Morgan fingerprint density at radius 2 is 2.42 bits per heavy atom. The van der Waals surface area contributed by atoms with Crippen LogP contribution in [0.25, 0.3) is 0 Å². The van der Waals surface area contributed by atoms with Gasteiger partial charge in [0.15, 0.2) is 6.19 Å². The number of aliphatic imine (C=N–C) groups is 1. The van der Waals surface area contributed by atoms with Crippen molar-refractivity contribution in [2.24, 2.45) is 4.99 Å². The zero-order chi connectivity index (χ0) is 13.9. The van der Waals surface area contributed by atoms with Crippen LogP contribution in [-0.2, 0) is 0 Å². The zero-order valence-corrected chi connectivity index (χ0v) is 11.3. The van der Waals surface area contributed by atoms with Crippen LogP contribution in [0.15, 0.2) is 53.3 Å². The Morgan fingerprint density at radius 1 is 1.58 bits per heavy atom. The molecule has 0 aliphatic heterocycles. The molecule has 0 aliphatic carbocycles. The van der Waals surface area contributed by atoms with E-state index in [0.29, 0.717) is 12.4 Å². The lowest BCUT2D eigenvalue weighted by atomic mass is 10.2. The van der Waals surface area contributed by atoms with Gasteiger partial charge < -0.3 is 0 Å². The van der Waals surface area contributed by atoms with Crippen LogP contribution in [0.4, 0.5) is 0 Å². The van der Waals surface area contributed by atoms with Crippen LogP contribution in [0.2, 0.25) is 0 Å². The Balaban J connectivity index is 2.73. The van der Waals surface area contributed by atoms with Crippen molar-refractivity contribution in [1.29, 1.82) is 5.26 Å². The Kier molecular flexibility index (Phi) is 6.67. The second-order valence-corrected chi connectivity index (χ2v) is 3.79. The number of allylic oxidation sites excluding steroid dienone is 3. The third-order valence-electron chi connectivity index (χ3n) is 2.58. The van der Waals surface area contributed by atoms with E-state index >= 15 is 0 Å². The van der Waals surface area contributed by atoms with Crippen LogP contribution >= 0.6 is 0 Å². The van der Waals surface area contributed by atoms with Crippen molar-refractivity contribution in [1.82, 2.24) is 10.3 Å². The Hall–Kier alpha value is -2.41. The van der Waals surface area contributed by atoms with Crippen molar-refractivity contribution >= 4 is 5.84 Å². The largest absolute Gasteiger partial charge is 0.277 e. The molecule has 0 aliphatic rings. The molecule has 0 saturated heterocycles. The third kappa shape index (κ3) is 5.17. The molecular formula is C15H18N4. The van der Waals surface area contributed by atoms with E-state index in [2.05, 4.69) is 34.4 Å². The zero-order valence-electron chi connectivity index (χ0n) is 11.3. The first-order chi connectivity index (χ1) is 9.31. The van der Waals surface area contributed by atoms with E-state index in [1.807, 2.05) is 31.3 Å². The van der Waals surface area contributed by atoms with Crippen LogP contribution < -0.4 is 5.32 Å². The second-order valence-electron chi connectivity index (χ2n) is 3.79. The molecule has 0 bridgehead atoms. The number of nitriles is 1. The van der Waals surface area contributed by atoms with E-state index in [-0.39, 0.29) is 0 Å². The monoisotopic (exact) mass is 254 g/mol. The summed E-state index contributed by atoms with van der Waals surface area (Å²) in [7, 11) is 0. The van der Waals surface area contributed by atoms with Crippen LogP contribution in [0.3, 0.4) is 0 Å². The molecule has 0 amide bonds. The smallest absolute Gasteiger partial charge is 0.182 e. The van der Waals surface area contributed by atoms with Gasteiger partial charge in [-0.3, -0.25) is 15.3 Å². The average molecular weight is 254 g/mol. The van der Waals surface area contributed by atoms with Gasteiger partial charge in [0.05, 0.1) is 6.54 Å². The quantitative estimate of drug-likeness (QED) is 0.289. The number of nitrogens with zero attached hydrogens (tertiary/aromatic N) is 3. The molecule has 0 radical (unpaired) electrons. The number of aromatic nitrogens is 1. The summed E-state index contributed by atoms with van der Waals surface area (Å²) in [6, 6.07) is 3.68. The summed E-state index contributed by atoms with van der Waals surface area (Å²) in [4.78, 5) is 8.37. The molecule has 0 unspecified atom stereocenters. The highest BCUT2D eigenvalue weighted by molar-refractivity contribution is 5.99. The summed E-state index contributed by atoms with van der Waals surface area (Å²) in [6.45, 7) is 4.65. The van der Waals surface area contributed by atoms with Crippen molar-refractivity contribution in [2.45, 2.75) is 20.3 Å². The predicted octanol–water partition coefficient (Wildman–Crippen LogP) is 2.81. The molecule has 4 nitrogen and oxygen atoms in total. The SMILES string of the molecule is CC=C(C=CCN=C(NC#N)c1cccnc1)CC. The fourth-order valence-corrected chi connectivity index (χ4v) is 1.53. The van der Waals surface area contributed by atoms with Gasteiger partial charge in [-0.2, -0.15) is 5.26 Å². The molecule has 0 spiro atoms. The van der Waals surface area contributed by atoms with Crippen LogP contribution in [0, 0.1) is 11.5 Å². The molecule has 1 heterocycles. The number of nitrogens with one attached hydrogen (secondary N) is 1. The summed E-state index contributed by atoms with van der Waals surface area (Å²) < 4.78 is 0. The Morgan fingerprint density at radius 3 is 3.00 bits per heavy atom. The number of pyridine rings is 1. The summed E-state index contributed by atoms with van der Waals surface area (Å²) in [5.41, 5.74) is 2.07. The second kappa shape index (κ2) is 8.65. The minimum atomic E-state index is 0.524. The first kappa shape index (κ1) is 14.7. The molecule has 1 N–H and O–H groups in total. The van der Waals surface area contributed by atoms with Crippen molar-refractivity contribution in [2.75, 3.05) is 6.54 Å². The van der Waals surface area contributed by atoms with Gasteiger partial charge in [0.1, 0.15) is 5.84 Å². The van der Waals surface area contributed by atoms with Gasteiger partial charge >= 0.3 is 0 Å². The summed E-state index contributed by atoms with van der Waals surface area (Å²) >= 11 is 0. The Bertz CT molecular complexity index is 507. The maximum Gasteiger partial charge on any atom is 0.182 e. The van der Waals surface area contributed by atoms with Gasteiger partial charge in [-0.1, -0.05) is 30.7 Å². The lowest BCUT2D eigenvalue weighted by Crippen LogP contribution is -2.19. The fraction of sp³-hybridized carbons (Fsp3) is 0.267. The number of hydrogen-bond donors (Lipinski definition) is 1. The van der Waals surface area contributed by atoms with Gasteiger partial charge in [0.2, 0.25) is 0 Å². The van der Waals surface area contributed by atoms with Crippen molar-refractivity contribution in [3.63, 3.8) is 0 Å². The molecule has 0 saturated carbocycles.